The molecule has 0 heterocycles. The highest BCUT2D eigenvalue weighted by molar-refractivity contribution is 5.22. The molecule has 0 aromatic heterocycles. The van der Waals surface area contributed by atoms with Crippen molar-refractivity contribution in [2.24, 2.45) is 5.73 Å². The molecule has 0 saturated heterocycles. The Bertz CT molecular complexity index is 342. The molecular weight excluding hydrogens is 205 g/mol. The number of ether oxygens (including phenoxy) is 1. The molecule has 1 aromatic rings. The molecule has 1 aliphatic rings. The highest BCUT2D eigenvalue weighted by Gasteiger charge is 2.21. The van der Waals surface area contributed by atoms with Gasteiger partial charge in [-0.3, -0.25) is 0 Å². The first-order chi connectivity index (χ1) is 7.75. The van der Waals surface area contributed by atoms with Gasteiger partial charge < -0.3 is 10.5 Å². The Hall–Kier alpha value is -1.09. The Labute approximate surface area is 95.6 Å². The number of halogens is 1. The first-order valence-electron chi connectivity index (χ1n) is 5.93. The third kappa shape index (κ3) is 2.95. The summed E-state index contributed by atoms with van der Waals surface area (Å²) in [7, 11) is 0. The van der Waals surface area contributed by atoms with Gasteiger partial charge in [0.15, 0.2) is 0 Å². The minimum absolute atomic E-state index is 0.0318. The second-order valence-corrected chi connectivity index (χ2v) is 4.42. The molecule has 3 heteroatoms. The van der Waals surface area contributed by atoms with Crippen LogP contribution in [0.3, 0.4) is 0 Å². The summed E-state index contributed by atoms with van der Waals surface area (Å²) < 4.78 is 18.8. The lowest BCUT2D eigenvalue weighted by molar-refractivity contribution is 0.162. The minimum atomic E-state index is -0.264. The molecule has 1 saturated carbocycles. The second kappa shape index (κ2) is 5.30. The summed E-state index contributed by atoms with van der Waals surface area (Å²) in [6.45, 7) is 0. The van der Waals surface area contributed by atoms with E-state index in [0.717, 1.165) is 19.3 Å². The van der Waals surface area contributed by atoms with Crippen molar-refractivity contribution in [3.8, 4) is 5.75 Å². The van der Waals surface area contributed by atoms with E-state index in [9.17, 15) is 4.39 Å². The van der Waals surface area contributed by atoms with Crippen molar-refractivity contribution in [2.45, 2.75) is 44.2 Å². The number of hydrogen-bond acceptors (Lipinski definition) is 2. The Morgan fingerprint density at radius 2 is 2.00 bits per heavy atom. The van der Waals surface area contributed by atoms with Gasteiger partial charge in [-0.2, -0.15) is 0 Å². The highest BCUT2D eigenvalue weighted by atomic mass is 19.1. The second-order valence-electron chi connectivity index (χ2n) is 4.42. The van der Waals surface area contributed by atoms with Crippen LogP contribution in [0.5, 0.6) is 5.75 Å². The Morgan fingerprint density at radius 1 is 1.19 bits per heavy atom. The summed E-state index contributed by atoms with van der Waals surface area (Å²) in [6, 6.07) is 6.34. The van der Waals surface area contributed by atoms with E-state index in [1.807, 2.05) is 0 Å². The number of rotatable bonds is 2. The summed E-state index contributed by atoms with van der Waals surface area (Å²) in [5, 5.41) is 0. The first-order valence-corrected chi connectivity index (χ1v) is 5.93. The van der Waals surface area contributed by atoms with Crippen LogP contribution in [-0.4, -0.2) is 12.1 Å². The van der Waals surface area contributed by atoms with Crippen LogP contribution in [0.4, 0.5) is 4.39 Å². The molecule has 2 nitrogen and oxygen atoms in total. The van der Waals surface area contributed by atoms with Crippen LogP contribution in [0.15, 0.2) is 24.3 Å². The molecule has 1 fully saturated rings. The molecule has 2 atom stereocenters. The van der Waals surface area contributed by atoms with E-state index in [-0.39, 0.29) is 18.0 Å². The molecule has 0 radical (unpaired) electrons. The summed E-state index contributed by atoms with van der Waals surface area (Å²) in [5.74, 6) is 0.321. The Morgan fingerprint density at radius 3 is 2.81 bits per heavy atom. The zero-order valence-electron chi connectivity index (χ0n) is 9.36. The molecule has 1 aromatic carbocycles. The van der Waals surface area contributed by atoms with Gasteiger partial charge in [-0.15, -0.1) is 0 Å². The predicted molar refractivity (Wildman–Crippen MR) is 61.9 cm³/mol. The molecular formula is C13H18FNO. The smallest absolute Gasteiger partial charge is 0.126 e. The van der Waals surface area contributed by atoms with E-state index in [1.165, 1.54) is 25.0 Å². The SMILES string of the molecule is NC1CCCCCC1Oc1cccc(F)c1. The molecule has 16 heavy (non-hydrogen) atoms. The fourth-order valence-electron chi connectivity index (χ4n) is 2.16. The van der Waals surface area contributed by atoms with Gasteiger partial charge in [0.1, 0.15) is 17.7 Å². The summed E-state index contributed by atoms with van der Waals surface area (Å²) in [4.78, 5) is 0. The van der Waals surface area contributed by atoms with Crippen LogP contribution in [-0.2, 0) is 0 Å². The van der Waals surface area contributed by atoms with E-state index in [0.29, 0.717) is 5.75 Å². The van der Waals surface area contributed by atoms with Gasteiger partial charge in [0, 0.05) is 12.1 Å². The Kier molecular flexibility index (Phi) is 3.78. The number of hydrogen-bond donors (Lipinski definition) is 1. The van der Waals surface area contributed by atoms with Crippen molar-refractivity contribution >= 4 is 0 Å². The van der Waals surface area contributed by atoms with Crippen molar-refractivity contribution in [2.75, 3.05) is 0 Å². The van der Waals surface area contributed by atoms with Crippen molar-refractivity contribution in [3.63, 3.8) is 0 Å². The zero-order chi connectivity index (χ0) is 11.4. The average molecular weight is 223 g/mol. The summed E-state index contributed by atoms with van der Waals surface area (Å²) in [5.41, 5.74) is 6.05. The molecule has 0 bridgehead atoms. The molecule has 0 spiro atoms. The molecule has 88 valence electrons. The number of benzene rings is 1. The maximum atomic E-state index is 13.0. The quantitative estimate of drug-likeness (QED) is 0.782. The van der Waals surface area contributed by atoms with E-state index in [1.54, 1.807) is 12.1 Å². The molecule has 0 amide bonds. The molecule has 1 aliphatic carbocycles. The summed E-state index contributed by atoms with van der Waals surface area (Å²) >= 11 is 0. The maximum Gasteiger partial charge on any atom is 0.126 e. The van der Waals surface area contributed by atoms with Crippen molar-refractivity contribution in [1.29, 1.82) is 0 Å². The summed E-state index contributed by atoms with van der Waals surface area (Å²) in [6.07, 6.45) is 5.54. The predicted octanol–water partition coefficient (Wildman–Crippen LogP) is 2.86. The molecule has 2 rings (SSSR count). The van der Waals surface area contributed by atoms with Gasteiger partial charge in [0.05, 0.1) is 0 Å². The van der Waals surface area contributed by atoms with Crippen molar-refractivity contribution in [1.82, 2.24) is 0 Å². The molecule has 0 aliphatic heterocycles. The average Bonchev–Trinajstić information content (AvgIpc) is 2.45. The van der Waals surface area contributed by atoms with Crippen molar-refractivity contribution in [3.05, 3.63) is 30.1 Å². The fourth-order valence-corrected chi connectivity index (χ4v) is 2.16. The van der Waals surface area contributed by atoms with Gasteiger partial charge in [0.2, 0.25) is 0 Å². The van der Waals surface area contributed by atoms with Crippen LogP contribution in [0.25, 0.3) is 0 Å². The van der Waals surface area contributed by atoms with Crippen molar-refractivity contribution < 1.29 is 9.13 Å². The van der Waals surface area contributed by atoms with E-state index < -0.39 is 0 Å². The molecule has 2 N–H and O–H groups in total. The van der Waals surface area contributed by atoms with Crippen LogP contribution >= 0.6 is 0 Å². The van der Waals surface area contributed by atoms with Crippen LogP contribution in [0.1, 0.15) is 32.1 Å². The topological polar surface area (TPSA) is 35.2 Å². The monoisotopic (exact) mass is 223 g/mol. The lowest BCUT2D eigenvalue weighted by Gasteiger charge is -2.22. The fraction of sp³-hybridized carbons (Fsp3) is 0.538. The number of nitrogens with two attached hydrogens (primary N) is 1. The third-order valence-corrected chi connectivity index (χ3v) is 3.09. The van der Waals surface area contributed by atoms with Gasteiger partial charge in [-0.1, -0.05) is 18.9 Å². The highest BCUT2D eigenvalue weighted by Crippen LogP contribution is 2.22. The van der Waals surface area contributed by atoms with Crippen LogP contribution in [0.2, 0.25) is 0 Å². The van der Waals surface area contributed by atoms with E-state index >= 15 is 0 Å². The van der Waals surface area contributed by atoms with Gasteiger partial charge >= 0.3 is 0 Å². The largest absolute Gasteiger partial charge is 0.489 e. The zero-order valence-corrected chi connectivity index (χ0v) is 9.36. The van der Waals surface area contributed by atoms with Gasteiger partial charge in [-0.25, -0.2) is 4.39 Å². The standard InChI is InChI=1S/C13H18FNO/c14-10-5-4-6-11(9-10)16-13-8-3-1-2-7-12(13)15/h4-6,9,12-13H,1-3,7-8,15H2. The third-order valence-electron chi connectivity index (χ3n) is 3.09. The lowest BCUT2D eigenvalue weighted by Crippen LogP contribution is -2.37. The van der Waals surface area contributed by atoms with E-state index in [2.05, 4.69) is 0 Å². The minimum Gasteiger partial charge on any atom is -0.489 e. The van der Waals surface area contributed by atoms with Gasteiger partial charge in [-0.05, 0) is 31.4 Å². The maximum absolute atomic E-state index is 13.0. The lowest BCUT2D eigenvalue weighted by atomic mass is 10.1. The van der Waals surface area contributed by atoms with Crippen LogP contribution < -0.4 is 10.5 Å². The molecule has 2 unspecified atom stereocenters. The first kappa shape index (κ1) is 11.4. The van der Waals surface area contributed by atoms with Gasteiger partial charge in [0.25, 0.3) is 0 Å². The normalized spacial score (nSPS) is 26.1. The Balaban J connectivity index is 2.02. The van der Waals surface area contributed by atoms with E-state index in [4.69, 9.17) is 10.5 Å². The van der Waals surface area contributed by atoms with Crippen LogP contribution in [0, 0.1) is 5.82 Å².